The van der Waals surface area contributed by atoms with Gasteiger partial charge in [-0.1, -0.05) is 0 Å². The van der Waals surface area contributed by atoms with E-state index in [-0.39, 0.29) is 55.5 Å². The molecule has 34 heavy (non-hydrogen) atoms. The van der Waals surface area contributed by atoms with Crippen LogP contribution < -0.4 is 11.2 Å². The van der Waals surface area contributed by atoms with Crippen molar-refractivity contribution in [3.8, 4) is 11.3 Å². The fourth-order valence-electron chi connectivity index (χ4n) is 5.03. The second-order valence-corrected chi connectivity index (χ2v) is 9.28. The molecule has 2 fully saturated rings. The third-order valence-corrected chi connectivity index (χ3v) is 6.89. The number of nitrogens with zero attached hydrogens (tertiary/aromatic N) is 2. The number of aromatic amines is 1. The monoisotopic (exact) mass is 474 g/mol. The van der Waals surface area contributed by atoms with E-state index in [1.807, 2.05) is 0 Å². The minimum Gasteiger partial charge on any atom is -0.364 e. The van der Waals surface area contributed by atoms with Gasteiger partial charge in [-0.15, -0.1) is 0 Å². The van der Waals surface area contributed by atoms with Crippen molar-refractivity contribution in [2.24, 2.45) is 5.73 Å². The zero-order chi connectivity index (χ0) is 24.3. The molecule has 0 bridgehead atoms. The number of H-pyrrole nitrogens is 1. The van der Waals surface area contributed by atoms with Crippen LogP contribution in [0.2, 0.25) is 0 Å². The zero-order valence-electron chi connectivity index (χ0n) is 18.1. The first-order valence-electron chi connectivity index (χ1n) is 11.1. The molecule has 0 atom stereocenters. The number of hydrogen-bond donors (Lipinski definition) is 2. The van der Waals surface area contributed by atoms with Gasteiger partial charge in [-0.25, -0.2) is 17.6 Å². The maximum atomic E-state index is 13.8. The molecule has 0 aliphatic heterocycles. The number of carbonyl (C=O) groups excluding carboxylic acids is 1. The van der Waals surface area contributed by atoms with Gasteiger partial charge in [0.2, 0.25) is 11.8 Å². The molecule has 178 valence electrons. The second kappa shape index (κ2) is 7.89. The molecular weight excluding hydrogens is 452 g/mol. The largest absolute Gasteiger partial charge is 0.364 e. The number of carbonyl (C=O) groups is 1. The van der Waals surface area contributed by atoms with E-state index in [1.54, 1.807) is 6.07 Å². The number of nitrogens with two attached hydrogens (primary N) is 1. The Balaban J connectivity index is 1.61. The topological polar surface area (TPSA) is 102 Å². The molecule has 0 aromatic carbocycles. The van der Waals surface area contributed by atoms with Crippen LogP contribution in [0.5, 0.6) is 0 Å². The van der Waals surface area contributed by atoms with Crippen LogP contribution in [0.25, 0.3) is 22.2 Å². The Labute approximate surface area is 191 Å². The molecule has 1 amide bonds. The Kier molecular flexibility index (Phi) is 5.22. The first-order valence-corrected chi connectivity index (χ1v) is 11.1. The number of amides is 1. The van der Waals surface area contributed by atoms with Crippen LogP contribution in [0.15, 0.2) is 35.4 Å². The van der Waals surface area contributed by atoms with E-state index < -0.39 is 29.1 Å². The minimum absolute atomic E-state index is 0.0545. The van der Waals surface area contributed by atoms with Crippen molar-refractivity contribution in [1.82, 2.24) is 15.0 Å². The molecule has 3 aromatic rings. The third-order valence-electron chi connectivity index (χ3n) is 6.89. The quantitative estimate of drug-likeness (QED) is 0.526. The van der Waals surface area contributed by atoms with Crippen molar-refractivity contribution in [2.75, 3.05) is 0 Å². The van der Waals surface area contributed by atoms with E-state index >= 15 is 0 Å². The van der Waals surface area contributed by atoms with Crippen LogP contribution >= 0.6 is 0 Å². The van der Waals surface area contributed by atoms with Crippen LogP contribution in [-0.4, -0.2) is 32.7 Å². The van der Waals surface area contributed by atoms with Crippen LogP contribution in [0.4, 0.5) is 17.6 Å². The highest BCUT2D eigenvalue weighted by molar-refractivity contribution is 6.03. The number of hydrogen-bond acceptors (Lipinski definition) is 4. The highest BCUT2D eigenvalue weighted by Gasteiger charge is 2.47. The number of rotatable bonds is 4. The number of pyridine rings is 3. The molecule has 0 radical (unpaired) electrons. The molecule has 2 aliphatic rings. The molecule has 0 saturated heterocycles. The minimum atomic E-state index is -2.72. The molecule has 10 heteroatoms. The summed E-state index contributed by atoms with van der Waals surface area (Å²) in [5.41, 5.74) is 7.20. The number of fused-ring (bicyclic) bond motifs is 1. The predicted molar refractivity (Wildman–Crippen MR) is 117 cm³/mol. The summed E-state index contributed by atoms with van der Waals surface area (Å²) in [6.45, 7) is 0. The van der Waals surface area contributed by atoms with Crippen molar-refractivity contribution < 1.29 is 22.4 Å². The maximum absolute atomic E-state index is 13.8. The summed E-state index contributed by atoms with van der Waals surface area (Å²) in [6, 6.07) is 4.56. The average molecular weight is 474 g/mol. The standard InChI is InChI=1S/C24H22F4N4O2/c25-23(26)4-1-12(2-5-23)14-7-17(13-9-24(27,28)10-13)31-11-15(14)18-8-19(33)20-16(32-18)3-6-30-21(20)22(29)34/h3,6-8,11-13H,1-2,4-5,9-10H2,(H2,29,34)(H,32,33). The van der Waals surface area contributed by atoms with Gasteiger partial charge in [0.15, 0.2) is 5.43 Å². The van der Waals surface area contributed by atoms with E-state index in [1.165, 1.54) is 24.5 Å². The number of primary amides is 1. The lowest BCUT2D eigenvalue weighted by Gasteiger charge is -2.35. The summed E-state index contributed by atoms with van der Waals surface area (Å²) < 4.78 is 54.5. The lowest BCUT2D eigenvalue weighted by molar-refractivity contribution is -0.0876. The van der Waals surface area contributed by atoms with Crippen LogP contribution in [-0.2, 0) is 0 Å². The Hall–Kier alpha value is -3.30. The fraction of sp³-hybridized carbons (Fsp3) is 0.417. The Morgan fingerprint density at radius 1 is 1.03 bits per heavy atom. The fourth-order valence-corrected chi connectivity index (χ4v) is 5.03. The van der Waals surface area contributed by atoms with Gasteiger partial charge in [0.1, 0.15) is 5.69 Å². The predicted octanol–water partition coefficient (Wildman–Crippen LogP) is 4.89. The van der Waals surface area contributed by atoms with Gasteiger partial charge < -0.3 is 10.7 Å². The van der Waals surface area contributed by atoms with Gasteiger partial charge in [-0.05, 0) is 36.5 Å². The van der Waals surface area contributed by atoms with Crippen molar-refractivity contribution in [1.29, 1.82) is 0 Å². The van der Waals surface area contributed by atoms with Gasteiger partial charge in [0.05, 0.1) is 16.6 Å². The molecule has 5 rings (SSSR count). The molecule has 3 aromatic heterocycles. The lowest BCUT2D eigenvalue weighted by Crippen LogP contribution is -2.34. The van der Waals surface area contributed by atoms with Crippen LogP contribution in [0.1, 0.15) is 72.1 Å². The summed E-state index contributed by atoms with van der Waals surface area (Å²) in [7, 11) is 0. The number of alkyl halides is 4. The first kappa shape index (κ1) is 22.5. The lowest BCUT2D eigenvalue weighted by atomic mass is 9.76. The van der Waals surface area contributed by atoms with Crippen LogP contribution in [0.3, 0.4) is 0 Å². The van der Waals surface area contributed by atoms with Gasteiger partial charge in [0, 0.05) is 61.3 Å². The summed E-state index contributed by atoms with van der Waals surface area (Å²) in [5.74, 6) is -6.90. The number of aromatic nitrogens is 3. The highest BCUT2D eigenvalue weighted by Crippen LogP contribution is 2.49. The SMILES string of the molecule is NC(=O)c1nccc2[nH]c(-c3cnc(C4CC(F)(F)C4)cc3C3CCC(F)(F)CC3)cc(=O)c12. The molecule has 0 unspecified atom stereocenters. The highest BCUT2D eigenvalue weighted by atomic mass is 19.3. The molecule has 3 N–H and O–H groups in total. The normalized spacial score (nSPS) is 20.2. The first-order chi connectivity index (χ1) is 16.0. The Bertz CT molecular complexity index is 1340. The number of halogens is 4. The van der Waals surface area contributed by atoms with Crippen molar-refractivity contribution >= 4 is 16.8 Å². The average Bonchev–Trinajstić information content (AvgIpc) is 2.76. The molecule has 2 aliphatic carbocycles. The number of nitrogens with one attached hydrogen (secondary N) is 1. The van der Waals surface area contributed by atoms with Gasteiger partial charge in [0.25, 0.3) is 5.91 Å². The van der Waals surface area contributed by atoms with E-state index in [4.69, 9.17) is 5.73 Å². The molecular formula is C24H22F4N4O2. The summed E-state index contributed by atoms with van der Waals surface area (Å²) in [4.78, 5) is 36.0. The molecule has 6 nitrogen and oxygen atoms in total. The maximum Gasteiger partial charge on any atom is 0.268 e. The summed E-state index contributed by atoms with van der Waals surface area (Å²) >= 11 is 0. The van der Waals surface area contributed by atoms with Crippen molar-refractivity contribution in [2.45, 2.75) is 62.2 Å². The van der Waals surface area contributed by atoms with E-state index in [2.05, 4.69) is 15.0 Å². The Morgan fingerprint density at radius 3 is 2.38 bits per heavy atom. The molecule has 0 spiro atoms. The summed E-state index contributed by atoms with van der Waals surface area (Å²) in [5, 5.41) is 0.0545. The second-order valence-electron chi connectivity index (χ2n) is 9.28. The molecule has 3 heterocycles. The van der Waals surface area contributed by atoms with Gasteiger partial charge in [-0.3, -0.25) is 19.6 Å². The van der Waals surface area contributed by atoms with E-state index in [0.717, 1.165) is 0 Å². The summed E-state index contributed by atoms with van der Waals surface area (Å²) in [6.07, 6.45) is 2.21. The third kappa shape index (κ3) is 4.05. The van der Waals surface area contributed by atoms with Crippen LogP contribution in [0, 0.1) is 0 Å². The van der Waals surface area contributed by atoms with Gasteiger partial charge >= 0.3 is 0 Å². The van der Waals surface area contributed by atoms with Crippen molar-refractivity contribution in [3.05, 3.63) is 57.8 Å². The Morgan fingerprint density at radius 2 is 1.74 bits per heavy atom. The zero-order valence-corrected chi connectivity index (χ0v) is 18.1. The smallest absolute Gasteiger partial charge is 0.268 e. The van der Waals surface area contributed by atoms with Crippen molar-refractivity contribution in [3.63, 3.8) is 0 Å². The van der Waals surface area contributed by atoms with E-state index in [9.17, 15) is 27.2 Å². The van der Waals surface area contributed by atoms with E-state index in [0.29, 0.717) is 28.0 Å². The van der Waals surface area contributed by atoms with Gasteiger partial charge in [-0.2, -0.15) is 0 Å². The molecule has 2 saturated carbocycles.